The lowest BCUT2D eigenvalue weighted by Crippen LogP contribution is -2.40. The fourth-order valence-corrected chi connectivity index (χ4v) is 2.10. The van der Waals surface area contributed by atoms with Gasteiger partial charge in [0.05, 0.1) is 13.2 Å². The first-order valence-electron chi connectivity index (χ1n) is 7.46. The molecular formula is C18H19FN2O3. The van der Waals surface area contributed by atoms with Gasteiger partial charge in [-0.15, -0.1) is 0 Å². The summed E-state index contributed by atoms with van der Waals surface area (Å²) >= 11 is 0. The van der Waals surface area contributed by atoms with Gasteiger partial charge in [0.1, 0.15) is 11.6 Å². The van der Waals surface area contributed by atoms with Crippen molar-refractivity contribution >= 4 is 11.8 Å². The van der Waals surface area contributed by atoms with Crippen LogP contribution in [0, 0.1) is 5.82 Å². The number of hydrogen-bond acceptors (Lipinski definition) is 3. The van der Waals surface area contributed by atoms with E-state index in [-0.39, 0.29) is 12.4 Å². The summed E-state index contributed by atoms with van der Waals surface area (Å²) in [6.45, 7) is 1.96. The van der Waals surface area contributed by atoms with Crippen molar-refractivity contribution in [3.05, 3.63) is 65.5 Å². The molecule has 0 aliphatic carbocycles. The molecular weight excluding hydrogens is 311 g/mol. The average molecular weight is 330 g/mol. The Morgan fingerprint density at radius 1 is 1.04 bits per heavy atom. The number of carbonyl (C=O) groups is 2. The molecule has 0 saturated carbocycles. The summed E-state index contributed by atoms with van der Waals surface area (Å²) in [6.07, 6.45) is 0. The molecule has 0 saturated heterocycles. The molecule has 0 aliphatic rings. The van der Waals surface area contributed by atoms with E-state index in [9.17, 15) is 14.0 Å². The molecule has 0 aromatic heterocycles. The van der Waals surface area contributed by atoms with Gasteiger partial charge in [-0.1, -0.05) is 24.3 Å². The Kier molecular flexibility index (Phi) is 5.89. The Labute approximate surface area is 139 Å². The van der Waals surface area contributed by atoms with Gasteiger partial charge >= 0.3 is 11.8 Å². The molecule has 24 heavy (non-hydrogen) atoms. The van der Waals surface area contributed by atoms with E-state index in [0.717, 1.165) is 11.3 Å². The third kappa shape index (κ3) is 4.81. The predicted molar refractivity (Wildman–Crippen MR) is 87.8 cm³/mol. The highest BCUT2D eigenvalue weighted by Crippen LogP contribution is 2.13. The van der Waals surface area contributed by atoms with Crippen LogP contribution in [-0.2, 0) is 16.1 Å². The van der Waals surface area contributed by atoms with Crippen LogP contribution in [0.1, 0.15) is 24.1 Å². The van der Waals surface area contributed by atoms with Crippen LogP contribution in [0.4, 0.5) is 4.39 Å². The molecule has 2 N–H and O–H groups in total. The van der Waals surface area contributed by atoms with Crippen molar-refractivity contribution in [1.29, 1.82) is 0 Å². The summed E-state index contributed by atoms with van der Waals surface area (Å²) in [5.74, 6) is -1.09. The predicted octanol–water partition coefficient (Wildman–Crippen LogP) is 2.33. The van der Waals surface area contributed by atoms with E-state index >= 15 is 0 Å². The SMILES string of the molecule is COc1ccc(CNC(=O)C(=O)N[C@@H](C)c2ccc(F)cc2)cc1. The normalized spacial score (nSPS) is 11.5. The van der Waals surface area contributed by atoms with Gasteiger partial charge in [-0.2, -0.15) is 0 Å². The minimum atomic E-state index is -0.736. The second-order valence-electron chi connectivity index (χ2n) is 5.28. The molecule has 0 unspecified atom stereocenters. The summed E-state index contributed by atoms with van der Waals surface area (Å²) < 4.78 is 17.9. The van der Waals surface area contributed by atoms with Gasteiger partial charge in [-0.05, 0) is 42.3 Å². The number of hydrogen-bond donors (Lipinski definition) is 2. The van der Waals surface area contributed by atoms with Crippen molar-refractivity contribution < 1.29 is 18.7 Å². The zero-order valence-corrected chi connectivity index (χ0v) is 13.5. The highest BCUT2D eigenvalue weighted by Gasteiger charge is 2.16. The lowest BCUT2D eigenvalue weighted by molar-refractivity contribution is -0.139. The number of carbonyl (C=O) groups excluding carboxylic acids is 2. The maximum absolute atomic E-state index is 12.9. The largest absolute Gasteiger partial charge is 0.497 e. The minimum absolute atomic E-state index is 0.237. The molecule has 1 atom stereocenters. The van der Waals surface area contributed by atoms with E-state index in [2.05, 4.69) is 10.6 Å². The molecule has 0 radical (unpaired) electrons. The van der Waals surface area contributed by atoms with Crippen LogP contribution in [0.5, 0.6) is 5.75 Å². The van der Waals surface area contributed by atoms with Crippen molar-refractivity contribution in [2.45, 2.75) is 19.5 Å². The molecule has 0 aliphatic heterocycles. The number of halogens is 1. The third-order valence-electron chi connectivity index (χ3n) is 3.54. The van der Waals surface area contributed by atoms with Crippen molar-refractivity contribution in [1.82, 2.24) is 10.6 Å². The second kappa shape index (κ2) is 8.10. The Bertz CT molecular complexity index is 699. The minimum Gasteiger partial charge on any atom is -0.497 e. The quantitative estimate of drug-likeness (QED) is 0.827. The highest BCUT2D eigenvalue weighted by atomic mass is 19.1. The van der Waals surface area contributed by atoms with Gasteiger partial charge < -0.3 is 15.4 Å². The van der Waals surface area contributed by atoms with Gasteiger partial charge in [-0.25, -0.2) is 4.39 Å². The lowest BCUT2D eigenvalue weighted by atomic mass is 10.1. The highest BCUT2D eigenvalue weighted by molar-refractivity contribution is 6.35. The van der Waals surface area contributed by atoms with E-state index in [0.29, 0.717) is 5.56 Å². The van der Waals surface area contributed by atoms with Crippen molar-refractivity contribution in [3.8, 4) is 5.75 Å². The van der Waals surface area contributed by atoms with E-state index in [1.165, 1.54) is 12.1 Å². The molecule has 0 fully saturated rings. The topological polar surface area (TPSA) is 67.4 Å². The Morgan fingerprint density at radius 2 is 1.67 bits per heavy atom. The summed E-state index contributed by atoms with van der Waals surface area (Å²) in [5, 5.41) is 5.13. The molecule has 2 rings (SSSR count). The van der Waals surface area contributed by atoms with Crippen molar-refractivity contribution in [3.63, 3.8) is 0 Å². The summed E-state index contributed by atoms with van der Waals surface area (Å²) in [5.41, 5.74) is 1.57. The summed E-state index contributed by atoms with van der Waals surface area (Å²) in [4.78, 5) is 23.8. The second-order valence-corrected chi connectivity index (χ2v) is 5.28. The van der Waals surface area contributed by atoms with Gasteiger partial charge in [0.2, 0.25) is 0 Å². The summed E-state index contributed by atoms with van der Waals surface area (Å²) in [6, 6.07) is 12.5. The lowest BCUT2D eigenvalue weighted by Gasteiger charge is -2.14. The summed E-state index contributed by atoms with van der Waals surface area (Å²) in [7, 11) is 1.57. The molecule has 0 spiro atoms. The molecule has 5 nitrogen and oxygen atoms in total. The van der Waals surface area contributed by atoms with Crippen LogP contribution in [-0.4, -0.2) is 18.9 Å². The number of rotatable bonds is 5. The zero-order valence-electron chi connectivity index (χ0n) is 13.5. The van der Waals surface area contributed by atoms with Crippen LogP contribution >= 0.6 is 0 Å². The van der Waals surface area contributed by atoms with Crippen LogP contribution in [0.2, 0.25) is 0 Å². The first kappa shape index (κ1) is 17.5. The van der Waals surface area contributed by atoms with Crippen molar-refractivity contribution in [2.24, 2.45) is 0 Å². The number of benzene rings is 2. The third-order valence-corrected chi connectivity index (χ3v) is 3.54. The first-order chi connectivity index (χ1) is 11.5. The van der Waals surface area contributed by atoms with Crippen LogP contribution in [0.15, 0.2) is 48.5 Å². The molecule has 6 heteroatoms. The smallest absolute Gasteiger partial charge is 0.309 e. The average Bonchev–Trinajstić information content (AvgIpc) is 2.60. The van der Waals surface area contributed by atoms with E-state index in [4.69, 9.17) is 4.74 Å². The van der Waals surface area contributed by atoms with E-state index in [1.54, 1.807) is 50.4 Å². The van der Waals surface area contributed by atoms with Crippen LogP contribution in [0.25, 0.3) is 0 Å². The fourth-order valence-electron chi connectivity index (χ4n) is 2.10. The number of ether oxygens (including phenoxy) is 1. The molecule has 2 aromatic rings. The van der Waals surface area contributed by atoms with Crippen LogP contribution in [0.3, 0.4) is 0 Å². The molecule has 2 aromatic carbocycles. The maximum atomic E-state index is 12.9. The zero-order chi connectivity index (χ0) is 17.5. The maximum Gasteiger partial charge on any atom is 0.309 e. The monoisotopic (exact) mass is 330 g/mol. The molecule has 2 amide bonds. The van der Waals surface area contributed by atoms with Gasteiger partial charge in [0, 0.05) is 6.54 Å². The molecule has 126 valence electrons. The standard InChI is InChI=1S/C18H19FN2O3/c1-12(14-5-7-15(19)8-6-14)21-18(23)17(22)20-11-13-3-9-16(24-2)10-4-13/h3-10,12H,11H2,1-2H3,(H,20,22)(H,21,23)/t12-/m0/s1. The molecule has 0 bridgehead atoms. The van der Waals surface area contributed by atoms with Crippen molar-refractivity contribution in [2.75, 3.05) is 7.11 Å². The number of amides is 2. The fraction of sp³-hybridized carbons (Fsp3) is 0.222. The van der Waals surface area contributed by atoms with E-state index in [1.807, 2.05) is 0 Å². The van der Waals surface area contributed by atoms with Gasteiger partial charge in [-0.3, -0.25) is 9.59 Å². The van der Waals surface area contributed by atoms with Gasteiger partial charge in [0.15, 0.2) is 0 Å². The number of methoxy groups -OCH3 is 1. The Morgan fingerprint density at radius 3 is 2.25 bits per heavy atom. The Balaban J connectivity index is 1.84. The van der Waals surface area contributed by atoms with Gasteiger partial charge in [0.25, 0.3) is 0 Å². The number of nitrogens with one attached hydrogen (secondary N) is 2. The Hall–Kier alpha value is -2.89. The molecule has 0 heterocycles. The first-order valence-corrected chi connectivity index (χ1v) is 7.46. The van der Waals surface area contributed by atoms with E-state index < -0.39 is 17.9 Å². The van der Waals surface area contributed by atoms with Crippen LogP contribution < -0.4 is 15.4 Å².